The fourth-order valence-corrected chi connectivity index (χ4v) is 0. The highest BCUT2D eigenvalue weighted by atomic mass is 16.0. The van der Waals surface area contributed by atoms with Crippen molar-refractivity contribution in [2.24, 2.45) is 0 Å². The Bertz CT molecular complexity index is 3.61. The minimum atomic E-state index is 0. The van der Waals surface area contributed by atoms with E-state index in [-0.39, 0.29) is 5.48 Å². The molecule has 0 spiro atoms. The normalized spacial score (nSPS) is 2.00. The van der Waals surface area contributed by atoms with Crippen molar-refractivity contribution < 1.29 is 5.48 Å². The van der Waals surface area contributed by atoms with Crippen LogP contribution in [0.2, 0.25) is 0 Å². The molecule has 0 bridgehead atoms. The molecule has 0 heterocycles. The Balaban J connectivity index is -0.0000000133. The quantitative estimate of drug-likeness (QED) is 0.385. The summed E-state index contributed by atoms with van der Waals surface area (Å²) in [6.07, 6.45) is 0. The standard InChI is InChI=1S/C2H6.C2H4.H2O/c2*1-2;/h1-2H3;1-2H2;1H2. The summed E-state index contributed by atoms with van der Waals surface area (Å²) in [5, 5.41) is 0. The number of rotatable bonds is 0. The third-order valence-electron chi connectivity index (χ3n) is 0. The van der Waals surface area contributed by atoms with Crippen LogP contribution in [0, 0.1) is 0 Å². The lowest BCUT2D eigenvalue weighted by Crippen LogP contribution is -0.856. The van der Waals surface area contributed by atoms with Crippen LogP contribution in [0.4, 0.5) is 0 Å². The van der Waals surface area contributed by atoms with Crippen molar-refractivity contribution in [1.29, 1.82) is 0 Å². The number of hydrogen-bond acceptors (Lipinski definition) is 0. The molecule has 0 aromatic heterocycles. The van der Waals surface area contributed by atoms with Crippen molar-refractivity contribution in [3.8, 4) is 0 Å². The van der Waals surface area contributed by atoms with Gasteiger partial charge in [-0.25, -0.2) is 0 Å². The second kappa shape index (κ2) is 300. The molecule has 0 radical (unpaired) electrons. The van der Waals surface area contributed by atoms with Crippen LogP contribution in [0.25, 0.3) is 0 Å². The van der Waals surface area contributed by atoms with Gasteiger partial charge in [-0.3, -0.25) is 0 Å². The van der Waals surface area contributed by atoms with Crippen LogP contribution >= 0.6 is 0 Å². The maximum Gasteiger partial charge on any atom is -0.0683 e. The van der Waals surface area contributed by atoms with Crippen molar-refractivity contribution in [3.05, 3.63) is 13.2 Å². The van der Waals surface area contributed by atoms with E-state index in [2.05, 4.69) is 13.2 Å². The predicted octanol–water partition coefficient (Wildman–Crippen LogP) is 1.00. The highest BCUT2D eigenvalue weighted by Crippen LogP contribution is 1.14. The monoisotopic (exact) mass is 76.1 g/mol. The summed E-state index contributed by atoms with van der Waals surface area (Å²) in [6.45, 7) is 10.0. The summed E-state index contributed by atoms with van der Waals surface area (Å²) in [4.78, 5) is 0. The largest absolute Gasteiger partial charge is 0.412 e. The Kier molecular flexibility index (Phi) is 1330. The van der Waals surface area contributed by atoms with Gasteiger partial charge >= 0.3 is 0 Å². The molecule has 34 valence electrons. The minimum Gasteiger partial charge on any atom is -0.412 e. The zero-order valence-electron chi connectivity index (χ0n) is 3.91. The molecule has 0 aliphatic carbocycles. The highest BCUT2D eigenvalue weighted by Gasteiger charge is 0.932. The first-order valence-electron chi connectivity index (χ1n) is 1.50. The summed E-state index contributed by atoms with van der Waals surface area (Å²) in [7, 11) is 0. The Morgan fingerprint density at radius 3 is 1.00 bits per heavy atom. The third kappa shape index (κ3) is 119. The Hall–Kier alpha value is -0.300. The molecule has 2 N–H and O–H groups in total. The molecular weight excluding hydrogens is 64.0 g/mol. The smallest absolute Gasteiger partial charge is 0.0683 e. The summed E-state index contributed by atoms with van der Waals surface area (Å²) in [6, 6.07) is 0. The van der Waals surface area contributed by atoms with E-state index >= 15 is 0 Å². The first-order chi connectivity index (χ1) is 2.00. The minimum absolute atomic E-state index is 0. The van der Waals surface area contributed by atoms with Crippen LogP contribution in [-0.4, -0.2) is 5.48 Å². The van der Waals surface area contributed by atoms with Gasteiger partial charge in [-0.05, 0) is 0 Å². The zero-order chi connectivity index (χ0) is 4.00. The van der Waals surface area contributed by atoms with Gasteiger partial charge in [0, 0.05) is 0 Å². The fraction of sp³-hybridized carbons (Fsp3) is 0.500. The molecule has 0 unspecified atom stereocenters. The van der Waals surface area contributed by atoms with Gasteiger partial charge in [-0.1, -0.05) is 13.8 Å². The second-order valence-corrected chi connectivity index (χ2v) is 0. The van der Waals surface area contributed by atoms with Crippen molar-refractivity contribution in [3.63, 3.8) is 0 Å². The topological polar surface area (TPSA) is 31.5 Å². The summed E-state index contributed by atoms with van der Waals surface area (Å²) >= 11 is 0. The van der Waals surface area contributed by atoms with E-state index < -0.39 is 0 Å². The van der Waals surface area contributed by atoms with E-state index in [0.717, 1.165) is 0 Å². The Labute approximate surface area is 33.6 Å². The van der Waals surface area contributed by atoms with Crippen molar-refractivity contribution >= 4 is 0 Å². The molecule has 0 saturated heterocycles. The lowest BCUT2D eigenvalue weighted by molar-refractivity contribution is 0.824. The molecule has 0 aliphatic rings. The predicted molar refractivity (Wildman–Crippen MR) is 26.2 cm³/mol. The van der Waals surface area contributed by atoms with E-state index in [9.17, 15) is 0 Å². The second-order valence-electron chi connectivity index (χ2n) is 0. The van der Waals surface area contributed by atoms with Crippen molar-refractivity contribution in [1.82, 2.24) is 0 Å². The molecular formula is C4H12O. The van der Waals surface area contributed by atoms with Crippen molar-refractivity contribution in [2.45, 2.75) is 13.8 Å². The molecule has 0 fully saturated rings. The van der Waals surface area contributed by atoms with Crippen LogP contribution < -0.4 is 0 Å². The summed E-state index contributed by atoms with van der Waals surface area (Å²) in [5.41, 5.74) is 0. The van der Waals surface area contributed by atoms with Crippen LogP contribution in [0.5, 0.6) is 0 Å². The van der Waals surface area contributed by atoms with E-state index in [1.807, 2.05) is 13.8 Å². The molecule has 0 aromatic rings. The molecule has 1 nitrogen and oxygen atoms in total. The Morgan fingerprint density at radius 2 is 1.00 bits per heavy atom. The molecule has 0 saturated carbocycles. The molecule has 0 aliphatic heterocycles. The first kappa shape index (κ1) is 22.3. The first-order valence-corrected chi connectivity index (χ1v) is 1.50. The van der Waals surface area contributed by atoms with Crippen molar-refractivity contribution in [2.75, 3.05) is 0 Å². The molecule has 5 heavy (non-hydrogen) atoms. The van der Waals surface area contributed by atoms with Gasteiger partial charge in [0.25, 0.3) is 0 Å². The number of hydrogen-bond donors (Lipinski definition) is 0. The van der Waals surface area contributed by atoms with Gasteiger partial charge in [-0.15, -0.1) is 13.2 Å². The van der Waals surface area contributed by atoms with E-state index in [4.69, 9.17) is 0 Å². The highest BCUT2D eigenvalue weighted by molar-refractivity contribution is 4.22. The summed E-state index contributed by atoms with van der Waals surface area (Å²) in [5.74, 6) is 0. The van der Waals surface area contributed by atoms with Crippen LogP contribution in [0.1, 0.15) is 13.8 Å². The van der Waals surface area contributed by atoms with Gasteiger partial charge in [0.15, 0.2) is 0 Å². The van der Waals surface area contributed by atoms with Crippen LogP contribution in [-0.2, 0) is 0 Å². The molecule has 0 amide bonds. The average molecular weight is 76.1 g/mol. The van der Waals surface area contributed by atoms with Gasteiger partial charge in [0.2, 0.25) is 0 Å². The molecule has 0 rings (SSSR count). The maximum absolute atomic E-state index is 3.00. The Morgan fingerprint density at radius 1 is 1.00 bits per heavy atom. The van der Waals surface area contributed by atoms with Gasteiger partial charge in [0.05, 0.1) is 0 Å². The van der Waals surface area contributed by atoms with Gasteiger partial charge < -0.3 is 5.48 Å². The van der Waals surface area contributed by atoms with E-state index in [1.54, 1.807) is 0 Å². The SMILES string of the molecule is C=C.CC.O. The lowest BCUT2D eigenvalue weighted by Gasteiger charge is -1.07. The molecule has 1 heteroatoms. The average Bonchev–Trinajstić information content (AvgIpc) is 1.50. The molecule has 0 atom stereocenters. The van der Waals surface area contributed by atoms with Crippen LogP contribution in [0.15, 0.2) is 13.2 Å². The zero-order valence-corrected chi connectivity index (χ0v) is 3.91. The maximum atomic E-state index is 3.00. The summed E-state index contributed by atoms with van der Waals surface area (Å²) < 4.78 is 0. The van der Waals surface area contributed by atoms with E-state index in [0.29, 0.717) is 0 Å². The van der Waals surface area contributed by atoms with E-state index in [1.165, 1.54) is 0 Å². The third-order valence-corrected chi connectivity index (χ3v) is 0. The van der Waals surface area contributed by atoms with Gasteiger partial charge in [0.1, 0.15) is 0 Å². The van der Waals surface area contributed by atoms with Gasteiger partial charge in [-0.2, -0.15) is 0 Å². The van der Waals surface area contributed by atoms with Crippen LogP contribution in [0.3, 0.4) is 0 Å². The lowest BCUT2D eigenvalue weighted by atomic mass is 11.0. The molecule has 0 aromatic carbocycles. The fourth-order valence-electron chi connectivity index (χ4n) is 0.